The first-order valence-electron chi connectivity index (χ1n) is 5.47. The number of nitrogen functional groups attached to an aromatic ring is 1. The first kappa shape index (κ1) is 10.6. The molecule has 3 N–H and O–H groups in total. The highest BCUT2D eigenvalue weighted by atomic mass is 16.4. The van der Waals surface area contributed by atoms with E-state index >= 15 is 0 Å². The van der Waals surface area contributed by atoms with Crippen LogP contribution in [0, 0.1) is 0 Å². The largest absolute Gasteiger partial charge is 0.424 e. The Hall–Kier alpha value is -2.57. The molecule has 0 radical (unpaired) electrons. The summed E-state index contributed by atoms with van der Waals surface area (Å²) in [4.78, 5) is 21.1. The molecule has 2 aromatic rings. The van der Waals surface area contributed by atoms with Gasteiger partial charge in [-0.05, 0) is 12.1 Å². The van der Waals surface area contributed by atoms with Crippen molar-refractivity contribution in [2.45, 2.75) is 0 Å². The second-order valence-electron chi connectivity index (χ2n) is 3.85. The number of rotatable bonds is 2. The van der Waals surface area contributed by atoms with Crippen LogP contribution in [0.5, 0.6) is 0 Å². The van der Waals surface area contributed by atoms with E-state index in [0.29, 0.717) is 24.7 Å². The van der Waals surface area contributed by atoms with E-state index in [9.17, 15) is 4.79 Å². The number of nitrogens with one attached hydrogen (secondary N) is 1. The molecule has 0 atom stereocenters. The Bertz CT molecular complexity index is 595. The van der Waals surface area contributed by atoms with Crippen LogP contribution in [0.1, 0.15) is 0 Å². The van der Waals surface area contributed by atoms with Gasteiger partial charge in [-0.2, -0.15) is 0 Å². The number of hydrogen-bond acceptors (Lipinski definition) is 5. The Morgan fingerprint density at radius 3 is 3.00 bits per heavy atom. The maximum atomic E-state index is 11.5. The van der Waals surface area contributed by atoms with Crippen LogP contribution in [0.4, 0.5) is 16.6 Å². The number of nitrogens with two attached hydrogens (primary N) is 1. The van der Waals surface area contributed by atoms with Crippen LogP contribution in [0.25, 0.3) is 11.3 Å². The van der Waals surface area contributed by atoms with Crippen LogP contribution in [0.2, 0.25) is 0 Å². The fourth-order valence-corrected chi connectivity index (χ4v) is 1.83. The van der Waals surface area contributed by atoms with E-state index in [2.05, 4.69) is 15.3 Å². The fraction of sp³-hybridized carbons (Fsp3) is 0.182. The minimum atomic E-state index is -0.142. The lowest BCUT2D eigenvalue weighted by Crippen LogP contribution is -2.28. The summed E-state index contributed by atoms with van der Waals surface area (Å²) in [6.07, 6.45) is 3.16. The van der Waals surface area contributed by atoms with Crippen molar-refractivity contribution in [3.63, 3.8) is 0 Å². The molecule has 0 aromatic carbocycles. The van der Waals surface area contributed by atoms with Gasteiger partial charge in [-0.1, -0.05) is 0 Å². The van der Waals surface area contributed by atoms with Crippen LogP contribution in [0.15, 0.2) is 28.9 Å². The zero-order valence-electron chi connectivity index (χ0n) is 9.46. The molecule has 1 aliphatic rings. The van der Waals surface area contributed by atoms with Crippen LogP contribution >= 0.6 is 0 Å². The highest BCUT2D eigenvalue weighted by Crippen LogP contribution is 2.24. The number of amides is 2. The second-order valence-corrected chi connectivity index (χ2v) is 3.85. The van der Waals surface area contributed by atoms with Crippen molar-refractivity contribution in [2.75, 3.05) is 23.7 Å². The summed E-state index contributed by atoms with van der Waals surface area (Å²) in [6.45, 7) is 1.23. The summed E-state index contributed by atoms with van der Waals surface area (Å²) in [6, 6.07) is 3.52. The average Bonchev–Trinajstić information content (AvgIpc) is 2.98. The van der Waals surface area contributed by atoms with Crippen molar-refractivity contribution in [3.05, 3.63) is 24.5 Å². The summed E-state index contributed by atoms with van der Waals surface area (Å²) in [5.41, 5.74) is 6.21. The molecule has 1 aliphatic heterocycles. The van der Waals surface area contributed by atoms with Gasteiger partial charge in [-0.25, -0.2) is 14.8 Å². The van der Waals surface area contributed by atoms with Crippen molar-refractivity contribution in [2.24, 2.45) is 0 Å². The molecule has 1 fully saturated rings. The highest BCUT2D eigenvalue weighted by Gasteiger charge is 2.22. The molecule has 0 bridgehead atoms. The van der Waals surface area contributed by atoms with Crippen LogP contribution in [0.3, 0.4) is 0 Å². The monoisotopic (exact) mass is 245 g/mol. The lowest BCUT2D eigenvalue weighted by atomic mass is 10.2. The summed E-state index contributed by atoms with van der Waals surface area (Å²) in [7, 11) is 0. The number of urea groups is 1. The van der Waals surface area contributed by atoms with Gasteiger partial charge in [0.2, 0.25) is 0 Å². The van der Waals surface area contributed by atoms with Crippen LogP contribution < -0.4 is 16.0 Å². The molecule has 3 heterocycles. The van der Waals surface area contributed by atoms with E-state index in [-0.39, 0.29) is 12.0 Å². The third kappa shape index (κ3) is 1.75. The molecule has 2 amide bonds. The number of aromatic nitrogens is 2. The van der Waals surface area contributed by atoms with E-state index in [1.54, 1.807) is 29.4 Å². The average molecular weight is 245 g/mol. The minimum absolute atomic E-state index is 0.113. The van der Waals surface area contributed by atoms with Gasteiger partial charge in [0.05, 0.1) is 6.20 Å². The van der Waals surface area contributed by atoms with E-state index < -0.39 is 0 Å². The van der Waals surface area contributed by atoms with Crippen LogP contribution in [-0.2, 0) is 0 Å². The van der Waals surface area contributed by atoms with Gasteiger partial charge in [-0.15, -0.1) is 0 Å². The molecule has 0 aliphatic carbocycles. The summed E-state index contributed by atoms with van der Waals surface area (Å²) < 4.78 is 5.23. The normalized spacial score (nSPS) is 14.9. The number of oxazole rings is 1. The Balaban J connectivity index is 1.96. The lowest BCUT2D eigenvalue weighted by Gasteiger charge is -2.13. The Labute approximate surface area is 103 Å². The molecule has 0 saturated carbocycles. The molecule has 2 aromatic heterocycles. The number of anilines is 2. The number of hydrogen-bond donors (Lipinski definition) is 2. The maximum absolute atomic E-state index is 11.5. The number of pyridine rings is 1. The van der Waals surface area contributed by atoms with E-state index in [0.717, 1.165) is 5.56 Å². The van der Waals surface area contributed by atoms with Gasteiger partial charge in [0.1, 0.15) is 5.82 Å². The molecule has 18 heavy (non-hydrogen) atoms. The quantitative estimate of drug-likeness (QED) is 0.817. The van der Waals surface area contributed by atoms with Crippen molar-refractivity contribution < 1.29 is 9.21 Å². The molecule has 3 rings (SSSR count). The number of carbonyl (C=O) groups is 1. The van der Waals surface area contributed by atoms with Crippen molar-refractivity contribution in [1.82, 2.24) is 15.3 Å². The molecule has 0 spiro atoms. The lowest BCUT2D eigenvalue weighted by molar-refractivity contribution is 0.252. The second kappa shape index (κ2) is 4.02. The van der Waals surface area contributed by atoms with Gasteiger partial charge in [0, 0.05) is 24.8 Å². The third-order valence-corrected chi connectivity index (χ3v) is 2.69. The van der Waals surface area contributed by atoms with E-state index in [1.165, 1.54) is 0 Å². The van der Waals surface area contributed by atoms with E-state index in [4.69, 9.17) is 10.2 Å². The zero-order valence-corrected chi connectivity index (χ0v) is 9.46. The Kier molecular flexibility index (Phi) is 2.36. The molecular weight excluding hydrogens is 234 g/mol. The predicted molar refractivity (Wildman–Crippen MR) is 64.9 cm³/mol. The number of carbonyl (C=O) groups excluding carboxylic acids is 1. The predicted octanol–water partition coefficient (Wildman–Crippen LogP) is 0.848. The standard InChI is InChI=1S/C11H11N5O2/c12-10-15-6-8(18-10)7-1-2-13-9(5-7)16-4-3-14-11(16)17/h1-2,5-6H,3-4H2,(H2,12,15)(H,14,17). The SMILES string of the molecule is Nc1ncc(-c2ccnc(N3CCNC3=O)c2)o1. The molecule has 92 valence electrons. The Morgan fingerprint density at radius 1 is 1.44 bits per heavy atom. The Morgan fingerprint density at radius 2 is 2.33 bits per heavy atom. The minimum Gasteiger partial charge on any atom is -0.424 e. The van der Waals surface area contributed by atoms with Crippen molar-refractivity contribution >= 4 is 17.9 Å². The first-order chi connectivity index (χ1) is 8.74. The van der Waals surface area contributed by atoms with Gasteiger partial charge in [-0.3, -0.25) is 4.90 Å². The molecule has 1 saturated heterocycles. The molecule has 7 heteroatoms. The fourth-order valence-electron chi connectivity index (χ4n) is 1.83. The van der Waals surface area contributed by atoms with Gasteiger partial charge in [0.25, 0.3) is 6.01 Å². The third-order valence-electron chi connectivity index (χ3n) is 2.69. The summed E-state index contributed by atoms with van der Waals surface area (Å²) >= 11 is 0. The summed E-state index contributed by atoms with van der Waals surface area (Å²) in [5.74, 6) is 1.13. The van der Waals surface area contributed by atoms with Crippen molar-refractivity contribution in [1.29, 1.82) is 0 Å². The van der Waals surface area contributed by atoms with Gasteiger partial charge in [0.15, 0.2) is 5.76 Å². The maximum Gasteiger partial charge on any atom is 0.323 e. The molecular formula is C11H11N5O2. The van der Waals surface area contributed by atoms with Crippen molar-refractivity contribution in [3.8, 4) is 11.3 Å². The zero-order chi connectivity index (χ0) is 12.5. The highest BCUT2D eigenvalue weighted by molar-refractivity contribution is 5.93. The smallest absolute Gasteiger partial charge is 0.323 e. The number of nitrogens with zero attached hydrogens (tertiary/aromatic N) is 3. The van der Waals surface area contributed by atoms with Gasteiger partial charge >= 0.3 is 6.03 Å². The van der Waals surface area contributed by atoms with Crippen LogP contribution in [-0.4, -0.2) is 29.1 Å². The summed E-state index contributed by atoms with van der Waals surface area (Å²) in [5, 5.41) is 2.72. The van der Waals surface area contributed by atoms with E-state index in [1.807, 2.05) is 0 Å². The topological polar surface area (TPSA) is 97.3 Å². The molecule has 0 unspecified atom stereocenters. The van der Waals surface area contributed by atoms with Gasteiger partial charge < -0.3 is 15.5 Å². The molecule has 7 nitrogen and oxygen atoms in total. The first-order valence-corrected chi connectivity index (χ1v) is 5.47.